The van der Waals surface area contributed by atoms with Crippen LogP contribution in [0.1, 0.15) is 6.42 Å². The topological polar surface area (TPSA) is 49.9 Å². The zero-order valence-corrected chi connectivity index (χ0v) is 12.8. The van der Waals surface area contributed by atoms with E-state index in [4.69, 9.17) is 0 Å². The summed E-state index contributed by atoms with van der Waals surface area (Å²) in [7, 11) is -2.16. The first-order valence-electron chi connectivity index (χ1n) is 6.73. The van der Waals surface area contributed by atoms with Crippen LogP contribution in [0.5, 0.6) is 5.75 Å². The van der Waals surface area contributed by atoms with E-state index >= 15 is 0 Å². The van der Waals surface area contributed by atoms with Gasteiger partial charge in [0.2, 0.25) is 10.0 Å². The summed E-state index contributed by atoms with van der Waals surface area (Å²) in [5.74, 6) is -0.701. The average molecular weight is 338 g/mol. The number of rotatable bonds is 3. The standard InChI is InChI=1S/C13H17F3N2O3S/c1-17-7-4-8-18(10-9-17)22(19,20)12-6-3-2-5-11(12)21-13(14,15)16/h2-3,5-6H,4,7-10H2,1H3. The lowest BCUT2D eigenvalue weighted by atomic mass is 10.3. The zero-order chi connectivity index (χ0) is 16.4. The second-order valence-corrected chi connectivity index (χ2v) is 6.96. The minimum atomic E-state index is -4.94. The molecule has 124 valence electrons. The minimum Gasteiger partial charge on any atom is -0.404 e. The molecule has 22 heavy (non-hydrogen) atoms. The SMILES string of the molecule is CN1CCCN(S(=O)(=O)c2ccccc2OC(F)(F)F)CC1. The summed E-state index contributed by atoms with van der Waals surface area (Å²) >= 11 is 0. The van der Waals surface area contributed by atoms with Crippen LogP contribution in [0.15, 0.2) is 29.2 Å². The van der Waals surface area contributed by atoms with Crippen molar-refractivity contribution in [2.45, 2.75) is 17.7 Å². The Bertz CT molecular complexity index is 619. The fourth-order valence-corrected chi connectivity index (χ4v) is 3.86. The van der Waals surface area contributed by atoms with Crippen LogP contribution in [-0.2, 0) is 10.0 Å². The lowest BCUT2D eigenvalue weighted by molar-refractivity contribution is -0.275. The minimum absolute atomic E-state index is 0.235. The number of ether oxygens (including phenoxy) is 1. The van der Waals surface area contributed by atoms with Gasteiger partial charge in [0.25, 0.3) is 0 Å². The Morgan fingerprint density at radius 1 is 1.09 bits per heavy atom. The van der Waals surface area contributed by atoms with Crippen LogP contribution in [0, 0.1) is 0 Å². The Hall–Kier alpha value is -1.32. The Balaban J connectivity index is 2.33. The number of hydrogen-bond acceptors (Lipinski definition) is 4. The molecule has 0 spiro atoms. The summed E-state index contributed by atoms with van der Waals surface area (Å²) in [4.78, 5) is 1.52. The van der Waals surface area contributed by atoms with E-state index in [-0.39, 0.29) is 13.1 Å². The maximum Gasteiger partial charge on any atom is 0.573 e. The molecule has 1 heterocycles. The smallest absolute Gasteiger partial charge is 0.404 e. The van der Waals surface area contributed by atoms with Crippen molar-refractivity contribution >= 4 is 10.0 Å². The van der Waals surface area contributed by atoms with Crippen LogP contribution >= 0.6 is 0 Å². The van der Waals surface area contributed by atoms with Gasteiger partial charge in [-0.25, -0.2) is 8.42 Å². The maximum atomic E-state index is 12.6. The summed E-state index contributed by atoms with van der Waals surface area (Å²) in [5.41, 5.74) is 0. The molecule has 9 heteroatoms. The third kappa shape index (κ3) is 4.11. The molecule has 1 aromatic rings. The number of nitrogens with zero attached hydrogens (tertiary/aromatic N) is 2. The molecular weight excluding hydrogens is 321 g/mol. The van der Waals surface area contributed by atoms with E-state index < -0.39 is 27.0 Å². The molecule has 0 atom stereocenters. The Morgan fingerprint density at radius 3 is 2.45 bits per heavy atom. The van der Waals surface area contributed by atoms with Crippen LogP contribution in [0.3, 0.4) is 0 Å². The lowest BCUT2D eigenvalue weighted by Crippen LogP contribution is -2.35. The molecule has 1 aliphatic rings. The number of alkyl halides is 3. The molecule has 5 nitrogen and oxygen atoms in total. The lowest BCUT2D eigenvalue weighted by Gasteiger charge is -2.22. The summed E-state index contributed by atoms with van der Waals surface area (Å²) in [5, 5.41) is 0. The molecule has 1 aromatic carbocycles. The first-order chi connectivity index (χ1) is 10.2. The molecule has 0 radical (unpaired) electrons. The van der Waals surface area contributed by atoms with E-state index in [1.807, 2.05) is 11.9 Å². The second-order valence-electron chi connectivity index (χ2n) is 5.06. The largest absolute Gasteiger partial charge is 0.573 e. The van der Waals surface area contributed by atoms with Crippen molar-refractivity contribution in [1.82, 2.24) is 9.21 Å². The summed E-state index contributed by atoms with van der Waals surface area (Å²) in [6.45, 7) is 1.78. The van der Waals surface area contributed by atoms with Crippen LogP contribution in [0.2, 0.25) is 0 Å². The number of halogens is 3. The van der Waals surface area contributed by atoms with Gasteiger partial charge in [-0.05, 0) is 32.1 Å². The molecule has 1 fully saturated rings. The van der Waals surface area contributed by atoms with E-state index in [1.54, 1.807) is 0 Å². The molecule has 1 aliphatic heterocycles. The normalized spacial score (nSPS) is 18.9. The Labute approximate surface area is 127 Å². The van der Waals surface area contributed by atoms with E-state index in [0.29, 0.717) is 13.0 Å². The maximum absolute atomic E-state index is 12.6. The number of sulfonamides is 1. The molecule has 0 amide bonds. The fraction of sp³-hybridized carbons (Fsp3) is 0.538. The zero-order valence-electron chi connectivity index (χ0n) is 12.0. The quantitative estimate of drug-likeness (QED) is 0.845. The van der Waals surface area contributed by atoms with Crippen LogP contribution in [-0.4, -0.2) is 57.2 Å². The molecule has 0 unspecified atom stereocenters. The van der Waals surface area contributed by atoms with Gasteiger partial charge in [-0.3, -0.25) is 0 Å². The number of para-hydroxylation sites is 1. The summed E-state index contributed by atoms with van der Waals surface area (Å²) < 4.78 is 67.6. The molecule has 2 rings (SSSR count). The number of likely N-dealkylation sites (N-methyl/N-ethyl adjacent to an activating group) is 1. The van der Waals surface area contributed by atoms with E-state index in [0.717, 1.165) is 18.7 Å². The molecular formula is C13H17F3N2O3S. The predicted molar refractivity (Wildman–Crippen MR) is 74.0 cm³/mol. The summed E-state index contributed by atoms with van der Waals surface area (Å²) in [6.07, 6.45) is -4.32. The van der Waals surface area contributed by atoms with Crippen molar-refractivity contribution in [3.05, 3.63) is 24.3 Å². The predicted octanol–water partition coefficient (Wildman–Crippen LogP) is 1.91. The Kier molecular flexibility index (Phi) is 4.98. The van der Waals surface area contributed by atoms with Crippen molar-refractivity contribution < 1.29 is 26.3 Å². The first kappa shape index (κ1) is 17.0. The molecule has 0 aliphatic carbocycles. The third-order valence-electron chi connectivity index (χ3n) is 3.37. The summed E-state index contributed by atoms with van der Waals surface area (Å²) in [6, 6.07) is 4.81. The highest BCUT2D eigenvalue weighted by molar-refractivity contribution is 7.89. The van der Waals surface area contributed by atoms with Crippen LogP contribution < -0.4 is 4.74 Å². The second kappa shape index (κ2) is 6.43. The monoisotopic (exact) mass is 338 g/mol. The van der Waals surface area contributed by atoms with E-state index in [2.05, 4.69) is 4.74 Å². The highest BCUT2D eigenvalue weighted by atomic mass is 32.2. The highest BCUT2D eigenvalue weighted by Gasteiger charge is 2.35. The van der Waals surface area contributed by atoms with Crippen molar-refractivity contribution in [2.75, 3.05) is 33.2 Å². The number of benzene rings is 1. The third-order valence-corrected chi connectivity index (χ3v) is 5.31. The molecule has 0 bridgehead atoms. The van der Waals surface area contributed by atoms with Gasteiger partial charge in [-0.15, -0.1) is 13.2 Å². The van der Waals surface area contributed by atoms with Gasteiger partial charge in [0.1, 0.15) is 10.6 Å². The number of hydrogen-bond donors (Lipinski definition) is 0. The Morgan fingerprint density at radius 2 is 1.77 bits per heavy atom. The molecule has 0 N–H and O–H groups in total. The molecule has 0 saturated carbocycles. The first-order valence-corrected chi connectivity index (χ1v) is 8.17. The van der Waals surface area contributed by atoms with E-state index in [9.17, 15) is 21.6 Å². The van der Waals surface area contributed by atoms with Gasteiger partial charge in [0.15, 0.2) is 0 Å². The fourth-order valence-electron chi connectivity index (χ4n) is 2.27. The average Bonchev–Trinajstić information content (AvgIpc) is 2.62. The van der Waals surface area contributed by atoms with Gasteiger partial charge >= 0.3 is 6.36 Å². The van der Waals surface area contributed by atoms with Gasteiger partial charge in [-0.1, -0.05) is 12.1 Å². The van der Waals surface area contributed by atoms with Crippen molar-refractivity contribution in [3.8, 4) is 5.75 Å². The van der Waals surface area contributed by atoms with Crippen molar-refractivity contribution in [2.24, 2.45) is 0 Å². The van der Waals surface area contributed by atoms with Gasteiger partial charge in [0.05, 0.1) is 0 Å². The van der Waals surface area contributed by atoms with Crippen molar-refractivity contribution in [1.29, 1.82) is 0 Å². The van der Waals surface area contributed by atoms with Gasteiger partial charge in [-0.2, -0.15) is 4.31 Å². The van der Waals surface area contributed by atoms with Crippen molar-refractivity contribution in [3.63, 3.8) is 0 Å². The van der Waals surface area contributed by atoms with E-state index in [1.165, 1.54) is 16.4 Å². The van der Waals surface area contributed by atoms with Crippen LogP contribution in [0.4, 0.5) is 13.2 Å². The van der Waals surface area contributed by atoms with Gasteiger partial charge in [0, 0.05) is 19.6 Å². The van der Waals surface area contributed by atoms with Crippen LogP contribution in [0.25, 0.3) is 0 Å². The molecule has 1 saturated heterocycles. The van der Waals surface area contributed by atoms with Gasteiger partial charge < -0.3 is 9.64 Å². The highest BCUT2D eigenvalue weighted by Crippen LogP contribution is 2.31. The molecule has 0 aromatic heterocycles.